The predicted molar refractivity (Wildman–Crippen MR) is 179 cm³/mol. The molecule has 0 radical (unpaired) electrons. The zero-order chi connectivity index (χ0) is 30.9. The van der Waals surface area contributed by atoms with Crippen LogP contribution in [0.2, 0.25) is 0 Å². The van der Waals surface area contributed by atoms with Gasteiger partial charge in [0.25, 0.3) is 0 Å². The van der Waals surface area contributed by atoms with Crippen LogP contribution in [0.1, 0.15) is 54.9 Å². The highest BCUT2D eigenvalue weighted by molar-refractivity contribution is 5.98. The van der Waals surface area contributed by atoms with Crippen molar-refractivity contribution in [1.82, 2.24) is 0 Å². The van der Waals surface area contributed by atoms with E-state index in [2.05, 4.69) is 133 Å². The molecule has 0 aliphatic heterocycles. The van der Waals surface area contributed by atoms with Crippen molar-refractivity contribution in [1.29, 1.82) is 0 Å². The van der Waals surface area contributed by atoms with Crippen molar-refractivity contribution in [3.63, 3.8) is 0 Å². The maximum atomic E-state index is 10.2. The molecule has 1 atom stereocenters. The monoisotopic (exact) mass is 558 g/mol. The number of carbonyl (C=O) groups is 1. The lowest BCUT2D eigenvalue weighted by Crippen LogP contribution is -2.22. The normalized spacial score (nSPS) is 9.98. The van der Waals surface area contributed by atoms with E-state index in [1.807, 2.05) is 27.7 Å². The molecule has 0 fully saturated rings. The minimum atomic E-state index is -0.714. The number of fused-ring (bicyclic) bond motifs is 3. The first kappa shape index (κ1) is 37.3. The molecule has 4 heteroatoms. The molecule has 4 nitrogen and oxygen atoms in total. The molecule has 0 bridgehead atoms. The third kappa shape index (κ3) is 15.6. The Kier molecular flexibility index (Phi) is 21.9. The fourth-order valence-electron chi connectivity index (χ4n) is 3.47. The number of ether oxygens (including phenoxy) is 2. The second kappa shape index (κ2) is 24.1. The van der Waals surface area contributed by atoms with Crippen LogP contribution in [-0.4, -0.2) is 37.5 Å². The quantitative estimate of drug-likeness (QED) is 0.176. The minimum Gasteiger partial charge on any atom is -0.463 e. The average Bonchev–Trinajstić information content (AvgIpc) is 3.02. The van der Waals surface area contributed by atoms with Crippen LogP contribution in [0.4, 0.5) is 0 Å². The van der Waals surface area contributed by atoms with E-state index in [1.54, 1.807) is 0 Å². The Morgan fingerprint density at radius 3 is 1.12 bits per heavy atom. The van der Waals surface area contributed by atoms with Gasteiger partial charge >= 0.3 is 5.97 Å². The Balaban J connectivity index is 0.000000537. The zero-order valence-corrected chi connectivity index (χ0v) is 26.3. The number of carbonyl (C=O) groups excluding carboxylic acids is 1. The molecule has 5 aromatic rings. The molecule has 0 amide bonds. The van der Waals surface area contributed by atoms with E-state index in [4.69, 9.17) is 5.11 Å². The van der Waals surface area contributed by atoms with Crippen molar-refractivity contribution in [2.24, 2.45) is 0 Å². The van der Waals surface area contributed by atoms with E-state index in [0.29, 0.717) is 0 Å². The van der Waals surface area contributed by atoms with Gasteiger partial charge in [0.2, 0.25) is 0 Å². The summed E-state index contributed by atoms with van der Waals surface area (Å²) in [5.41, 5.74) is 0. The molecule has 0 aliphatic carbocycles. The van der Waals surface area contributed by atoms with Gasteiger partial charge in [0.05, 0.1) is 6.61 Å². The van der Waals surface area contributed by atoms with Crippen molar-refractivity contribution in [3.05, 3.63) is 109 Å². The molecular weight excluding hydrogens is 508 g/mol. The number of rotatable bonds is 4. The molecule has 0 aromatic heterocycles. The second-order valence-electron chi connectivity index (χ2n) is 8.51. The summed E-state index contributed by atoms with van der Waals surface area (Å²) in [4.78, 5) is 10.2. The molecule has 0 saturated heterocycles. The van der Waals surface area contributed by atoms with Crippen LogP contribution in [0.3, 0.4) is 0 Å². The van der Waals surface area contributed by atoms with Crippen LogP contribution in [0.25, 0.3) is 32.3 Å². The van der Waals surface area contributed by atoms with E-state index >= 15 is 0 Å². The molecule has 41 heavy (non-hydrogen) atoms. The SMILES string of the molecule is CC.CC.CCC.COCC(O)COC(C)=O.c1ccc2cc3ccccc3cc2c1.c1ccc2ccccc2c1. The van der Waals surface area contributed by atoms with Gasteiger partial charge in [0, 0.05) is 14.0 Å². The number of hydrogen-bond acceptors (Lipinski definition) is 4. The Morgan fingerprint density at radius 2 is 0.878 bits per heavy atom. The predicted octanol–water partition coefficient (Wildman–Crippen LogP) is 9.86. The van der Waals surface area contributed by atoms with Gasteiger partial charge in [0.1, 0.15) is 12.7 Å². The summed E-state index contributed by atoms with van der Waals surface area (Å²) in [5, 5.41) is 16.8. The summed E-state index contributed by atoms with van der Waals surface area (Å²) >= 11 is 0. The van der Waals surface area contributed by atoms with Gasteiger partial charge in [-0.05, 0) is 44.5 Å². The van der Waals surface area contributed by atoms with Crippen molar-refractivity contribution in [2.75, 3.05) is 20.3 Å². The van der Waals surface area contributed by atoms with Crippen molar-refractivity contribution >= 4 is 38.3 Å². The standard InChI is InChI=1S/C14H10.C10H8.C6H12O4.C3H8.2C2H6/c1-2-6-12-10-14-8-4-3-7-13(14)9-11(12)5-1;1-2-6-10-8-4-3-7-9(10)5-1;1-5(7)10-4-6(8)3-9-2;1-3-2;2*1-2/h1-10H;1-8H;6,8H,3-4H2,1-2H3;3H2,1-2H3;2*1-2H3. The number of aliphatic hydroxyl groups is 1. The van der Waals surface area contributed by atoms with Gasteiger partial charge in [0.15, 0.2) is 0 Å². The highest BCUT2D eigenvalue weighted by Crippen LogP contribution is 2.22. The van der Waals surface area contributed by atoms with Gasteiger partial charge in [-0.15, -0.1) is 0 Å². The summed E-state index contributed by atoms with van der Waals surface area (Å²) in [6.07, 6.45) is 0.536. The Labute approximate surface area is 247 Å². The highest BCUT2D eigenvalue weighted by Gasteiger charge is 2.04. The average molecular weight is 559 g/mol. The Morgan fingerprint density at radius 1 is 0.610 bits per heavy atom. The van der Waals surface area contributed by atoms with Gasteiger partial charge in [-0.3, -0.25) is 4.79 Å². The lowest BCUT2D eigenvalue weighted by atomic mass is 10.0. The van der Waals surface area contributed by atoms with E-state index < -0.39 is 12.1 Å². The topological polar surface area (TPSA) is 55.8 Å². The molecule has 222 valence electrons. The summed E-state index contributed by atoms with van der Waals surface area (Å²) in [5.74, 6) is -0.393. The summed E-state index contributed by atoms with van der Waals surface area (Å²) in [7, 11) is 1.47. The third-order valence-electron chi connectivity index (χ3n) is 5.11. The molecular formula is C37H50O4. The first-order valence-corrected chi connectivity index (χ1v) is 14.6. The van der Waals surface area contributed by atoms with Crippen molar-refractivity contribution in [2.45, 2.75) is 61.0 Å². The maximum absolute atomic E-state index is 10.2. The third-order valence-corrected chi connectivity index (χ3v) is 5.11. The molecule has 5 aromatic carbocycles. The fourth-order valence-corrected chi connectivity index (χ4v) is 3.47. The number of benzene rings is 5. The Hall–Kier alpha value is -3.73. The summed E-state index contributed by atoms with van der Waals surface area (Å²) < 4.78 is 9.08. The van der Waals surface area contributed by atoms with Crippen LogP contribution in [-0.2, 0) is 14.3 Å². The lowest BCUT2D eigenvalue weighted by Gasteiger charge is -2.07. The number of esters is 1. The summed E-state index contributed by atoms with van der Waals surface area (Å²) in [6.45, 7) is 13.7. The van der Waals surface area contributed by atoms with Crippen molar-refractivity contribution < 1.29 is 19.4 Å². The Bertz CT molecular complexity index is 1180. The van der Waals surface area contributed by atoms with Crippen LogP contribution >= 0.6 is 0 Å². The molecule has 0 aliphatic rings. The van der Waals surface area contributed by atoms with E-state index in [1.165, 1.54) is 52.8 Å². The van der Waals surface area contributed by atoms with Crippen LogP contribution in [0.15, 0.2) is 109 Å². The van der Waals surface area contributed by atoms with Gasteiger partial charge in [-0.1, -0.05) is 145 Å². The van der Waals surface area contributed by atoms with Crippen LogP contribution in [0.5, 0.6) is 0 Å². The fraction of sp³-hybridized carbons (Fsp3) is 0.324. The van der Waals surface area contributed by atoms with Gasteiger partial charge in [-0.2, -0.15) is 0 Å². The largest absolute Gasteiger partial charge is 0.463 e. The maximum Gasteiger partial charge on any atom is 0.302 e. The highest BCUT2D eigenvalue weighted by atomic mass is 16.5. The molecule has 0 saturated carbocycles. The van der Waals surface area contributed by atoms with Crippen LogP contribution < -0.4 is 0 Å². The van der Waals surface area contributed by atoms with Gasteiger partial charge in [-0.25, -0.2) is 0 Å². The molecule has 5 rings (SSSR count). The molecule has 1 unspecified atom stereocenters. The zero-order valence-electron chi connectivity index (χ0n) is 26.3. The number of aliphatic hydroxyl groups excluding tert-OH is 1. The molecule has 1 N–H and O–H groups in total. The number of hydrogen-bond donors (Lipinski definition) is 1. The smallest absolute Gasteiger partial charge is 0.302 e. The van der Waals surface area contributed by atoms with Crippen LogP contribution in [0, 0.1) is 0 Å². The number of methoxy groups -OCH3 is 1. The minimum absolute atomic E-state index is 0.00315. The lowest BCUT2D eigenvalue weighted by molar-refractivity contribution is -0.144. The summed E-state index contributed by atoms with van der Waals surface area (Å²) in [6, 6.07) is 38.1. The molecule has 0 heterocycles. The van der Waals surface area contributed by atoms with Crippen molar-refractivity contribution in [3.8, 4) is 0 Å². The van der Waals surface area contributed by atoms with Gasteiger partial charge < -0.3 is 14.6 Å². The van der Waals surface area contributed by atoms with E-state index in [0.717, 1.165) is 0 Å². The van der Waals surface area contributed by atoms with E-state index in [9.17, 15) is 4.79 Å². The first-order valence-electron chi connectivity index (χ1n) is 14.6. The second-order valence-corrected chi connectivity index (χ2v) is 8.51. The van der Waals surface area contributed by atoms with E-state index in [-0.39, 0.29) is 13.2 Å². The first-order chi connectivity index (χ1) is 20.0. The molecule has 0 spiro atoms.